The monoisotopic (exact) mass is 382 g/mol. The summed E-state index contributed by atoms with van der Waals surface area (Å²) in [5.74, 6) is 3.04. The third-order valence-corrected chi connectivity index (χ3v) is 9.43. The Hall–Kier alpha value is -0.360. The van der Waals surface area contributed by atoms with E-state index in [-0.39, 0.29) is 0 Å². The molecule has 4 saturated heterocycles. The number of fused-ring (bicyclic) bond motifs is 4. The normalized spacial score (nSPS) is 35.0. The van der Waals surface area contributed by atoms with Crippen molar-refractivity contribution in [2.75, 3.05) is 25.4 Å². The van der Waals surface area contributed by atoms with Gasteiger partial charge in [-0.15, -0.1) is 0 Å². The Labute approximate surface area is 159 Å². The maximum atomic E-state index is 12.7. The lowest BCUT2D eigenvalue weighted by Gasteiger charge is -2.52. The van der Waals surface area contributed by atoms with Crippen LogP contribution >= 0.6 is 21.6 Å². The second-order valence-corrected chi connectivity index (χ2v) is 11.0. The molecule has 25 heavy (non-hydrogen) atoms. The van der Waals surface area contributed by atoms with E-state index in [0.717, 1.165) is 57.0 Å². The van der Waals surface area contributed by atoms with Crippen LogP contribution in [0.3, 0.4) is 0 Å². The minimum atomic E-state index is 0.355. The molecule has 4 aliphatic heterocycles. The highest BCUT2D eigenvalue weighted by atomic mass is 33.1. The van der Waals surface area contributed by atoms with Crippen LogP contribution in [0.15, 0.2) is 0 Å². The van der Waals surface area contributed by atoms with Gasteiger partial charge >= 0.3 is 0 Å². The number of hydrogen-bond donors (Lipinski definition) is 0. The Morgan fingerprint density at radius 2 is 2.08 bits per heavy atom. The van der Waals surface area contributed by atoms with Crippen molar-refractivity contribution in [3.8, 4) is 0 Å². The first-order valence-corrected chi connectivity index (χ1v) is 12.4. The van der Waals surface area contributed by atoms with Crippen molar-refractivity contribution < 1.29 is 9.59 Å². The summed E-state index contributed by atoms with van der Waals surface area (Å²) in [6, 6.07) is 0.407. The fraction of sp³-hybridized carbons (Fsp3) is 0.895. The van der Waals surface area contributed by atoms with Gasteiger partial charge in [-0.1, -0.05) is 28.0 Å². The molecule has 2 amide bonds. The summed E-state index contributed by atoms with van der Waals surface area (Å²) in [4.78, 5) is 29.2. The number of unbranched alkanes of at least 4 members (excludes halogenated alkanes) is 1. The van der Waals surface area contributed by atoms with Crippen LogP contribution in [0.4, 0.5) is 0 Å². The van der Waals surface area contributed by atoms with E-state index < -0.39 is 0 Å². The topological polar surface area (TPSA) is 40.6 Å². The molecule has 0 saturated carbocycles. The van der Waals surface area contributed by atoms with Crippen LogP contribution in [0.2, 0.25) is 0 Å². The highest BCUT2D eigenvalue weighted by Gasteiger charge is 2.44. The molecule has 0 aliphatic carbocycles. The van der Waals surface area contributed by atoms with Gasteiger partial charge in [0.1, 0.15) is 0 Å². The van der Waals surface area contributed by atoms with Gasteiger partial charge in [-0.2, -0.15) is 0 Å². The van der Waals surface area contributed by atoms with Crippen molar-refractivity contribution in [1.82, 2.24) is 9.80 Å². The lowest BCUT2D eigenvalue weighted by molar-refractivity contribution is -0.148. The molecule has 6 heteroatoms. The van der Waals surface area contributed by atoms with Crippen LogP contribution in [0.25, 0.3) is 0 Å². The third-order valence-electron chi connectivity index (χ3n) is 6.43. The fourth-order valence-electron chi connectivity index (χ4n) is 5.18. The molecule has 140 valence electrons. The molecule has 0 N–H and O–H groups in total. The average molecular weight is 383 g/mol. The fourth-order valence-corrected chi connectivity index (χ4v) is 8.21. The van der Waals surface area contributed by atoms with Crippen molar-refractivity contribution in [2.45, 2.75) is 69.1 Å². The van der Waals surface area contributed by atoms with E-state index in [2.05, 4.69) is 9.80 Å². The number of rotatable bonds is 5. The molecule has 2 bridgehead atoms. The quantitative estimate of drug-likeness (QED) is 0.538. The van der Waals surface area contributed by atoms with E-state index in [1.165, 1.54) is 31.4 Å². The number of piperidine rings is 3. The summed E-state index contributed by atoms with van der Waals surface area (Å²) in [6.07, 6.45) is 9.69. The van der Waals surface area contributed by atoms with E-state index in [4.69, 9.17) is 0 Å². The van der Waals surface area contributed by atoms with Crippen molar-refractivity contribution in [3.63, 3.8) is 0 Å². The van der Waals surface area contributed by atoms with E-state index in [0.29, 0.717) is 29.7 Å². The van der Waals surface area contributed by atoms with Crippen molar-refractivity contribution >= 4 is 33.4 Å². The summed E-state index contributed by atoms with van der Waals surface area (Å²) in [7, 11) is 4.04. The average Bonchev–Trinajstić information content (AvgIpc) is 3.13. The smallest absolute Gasteiger partial charge is 0.222 e. The van der Waals surface area contributed by atoms with E-state index >= 15 is 0 Å². The first kappa shape index (κ1) is 18.0. The van der Waals surface area contributed by atoms with Gasteiger partial charge < -0.3 is 9.80 Å². The van der Waals surface area contributed by atoms with Crippen LogP contribution in [-0.2, 0) is 9.59 Å². The van der Waals surface area contributed by atoms with Gasteiger partial charge in [-0.3, -0.25) is 9.59 Å². The summed E-state index contributed by atoms with van der Waals surface area (Å²) >= 11 is 0. The molecule has 0 aromatic carbocycles. The first-order chi connectivity index (χ1) is 12.2. The number of carbonyl (C=O) groups is 2. The van der Waals surface area contributed by atoms with Crippen molar-refractivity contribution in [3.05, 3.63) is 0 Å². The summed E-state index contributed by atoms with van der Waals surface area (Å²) in [6.45, 7) is 2.65. The van der Waals surface area contributed by atoms with Gasteiger partial charge in [0, 0.05) is 49.5 Å². The molecule has 4 nitrogen and oxygen atoms in total. The molecule has 4 fully saturated rings. The molecular formula is C19H30N2O2S2. The molecule has 4 aliphatic rings. The van der Waals surface area contributed by atoms with Crippen LogP contribution in [0.5, 0.6) is 0 Å². The van der Waals surface area contributed by atoms with Crippen LogP contribution in [0.1, 0.15) is 57.8 Å². The number of likely N-dealkylation sites (tertiary alicyclic amines) is 1. The van der Waals surface area contributed by atoms with Crippen molar-refractivity contribution in [1.29, 1.82) is 0 Å². The van der Waals surface area contributed by atoms with Gasteiger partial charge in [0.2, 0.25) is 11.8 Å². The molecular weight excluding hydrogens is 352 g/mol. The minimum absolute atomic E-state index is 0.355. The maximum Gasteiger partial charge on any atom is 0.222 e. The SMILES string of the molecule is O=C(CCCC[C@@H]1CCSS1)N1C[C@H]2C[C@@H](C1)[C@H]1CCCC(=O)N1C2. The van der Waals surface area contributed by atoms with Gasteiger partial charge in [-0.05, 0) is 50.4 Å². The molecule has 0 spiro atoms. The highest BCUT2D eigenvalue weighted by molar-refractivity contribution is 8.77. The number of carbonyl (C=O) groups excluding carboxylic acids is 2. The third kappa shape index (κ3) is 4.15. The molecule has 4 atom stereocenters. The maximum absolute atomic E-state index is 12.7. The summed E-state index contributed by atoms with van der Waals surface area (Å²) in [5, 5.41) is 0.823. The second kappa shape index (κ2) is 8.12. The van der Waals surface area contributed by atoms with E-state index in [1.807, 2.05) is 21.6 Å². The van der Waals surface area contributed by atoms with E-state index in [1.54, 1.807) is 0 Å². The lowest BCUT2D eigenvalue weighted by Crippen LogP contribution is -2.61. The van der Waals surface area contributed by atoms with Gasteiger partial charge in [0.25, 0.3) is 0 Å². The largest absolute Gasteiger partial charge is 0.342 e. The summed E-state index contributed by atoms with van der Waals surface area (Å²) in [5.41, 5.74) is 0. The molecule has 4 heterocycles. The zero-order valence-corrected chi connectivity index (χ0v) is 16.7. The Bertz CT molecular complexity index is 510. The Morgan fingerprint density at radius 1 is 1.16 bits per heavy atom. The van der Waals surface area contributed by atoms with Gasteiger partial charge in [-0.25, -0.2) is 0 Å². The predicted molar refractivity (Wildman–Crippen MR) is 104 cm³/mol. The molecule has 0 unspecified atom stereocenters. The molecule has 0 aromatic rings. The van der Waals surface area contributed by atoms with Gasteiger partial charge in [0.15, 0.2) is 0 Å². The van der Waals surface area contributed by atoms with Crippen LogP contribution in [0, 0.1) is 11.8 Å². The van der Waals surface area contributed by atoms with Crippen LogP contribution in [-0.4, -0.2) is 58.3 Å². The molecule has 4 rings (SSSR count). The lowest BCUT2D eigenvalue weighted by atomic mass is 9.76. The molecule has 0 aromatic heterocycles. The highest BCUT2D eigenvalue weighted by Crippen LogP contribution is 2.40. The van der Waals surface area contributed by atoms with Crippen molar-refractivity contribution in [2.24, 2.45) is 11.8 Å². The Morgan fingerprint density at radius 3 is 2.92 bits per heavy atom. The first-order valence-electron chi connectivity index (χ1n) is 10.1. The standard InChI is InChI=1S/C19H30N2O2S2/c22-18(6-2-1-4-16-8-9-24-25-16)20-11-14-10-15(13-20)17-5-3-7-19(23)21(17)12-14/h14-17H,1-13H2/t14-,15+,16-,17-/m1/s1. The Kier molecular flexibility index (Phi) is 5.85. The second-order valence-electron chi connectivity index (χ2n) is 8.24. The summed E-state index contributed by atoms with van der Waals surface area (Å²) < 4.78 is 0. The van der Waals surface area contributed by atoms with Crippen LogP contribution < -0.4 is 0 Å². The van der Waals surface area contributed by atoms with Gasteiger partial charge in [0.05, 0.1) is 0 Å². The molecule has 0 radical (unpaired) electrons. The zero-order chi connectivity index (χ0) is 17.2. The number of amides is 2. The predicted octanol–water partition coefficient (Wildman–Crippen LogP) is 3.56. The zero-order valence-electron chi connectivity index (χ0n) is 15.0. The van der Waals surface area contributed by atoms with E-state index in [9.17, 15) is 9.59 Å². The Balaban J connectivity index is 1.25. The number of hydrogen-bond acceptors (Lipinski definition) is 4. The minimum Gasteiger partial charge on any atom is -0.342 e. The number of nitrogens with zero attached hydrogens (tertiary/aromatic N) is 2.